The molecule has 0 atom stereocenters. The highest BCUT2D eigenvalue weighted by Crippen LogP contribution is 2.20. The molecule has 108 valence electrons. The van der Waals surface area contributed by atoms with Gasteiger partial charge < -0.3 is 15.1 Å². The zero-order chi connectivity index (χ0) is 14.5. The first-order valence-corrected chi connectivity index (χ1v) is 7.06. The molecule has 1 saturated heterocycles. The van der Waals surface area contributed by atoms with Gasteiger partial charge in [-0.2, -0.15) is 0 Å². The van der Waals surface area contributed by atoms with Crippen LogP contribution in [0.1, 0.15) is 6.92 Å². The van der Waals surface area contributed by atoms with Crippen LogP contribution in [0.4, 0.5) is 5.69 Å². The van der Waals surface area contributed by atoms with Gasteiger partial charge in [0.05, 0.1) is 10.7 Å². The molecule has 2 rings (SSSR count). The number of likely N-dealkylation sites (N-methyl/N-ethyl adjacent to an activating group) is 1. The van der Waals surface area contributed by atoms with Crippen LogP contribution < -0.4 is 5.32 Å². The van der Waals surface area contributed by atoms with Crippen LogP contribution in [0.2, 0.25) is 5.02 Å². The lowest BCUT2D eigenvalue weighted by Gasteiger charge is -2.33. The number of carbonyl (C=O) groups excluding carboxylic acids is 2. The molecule has 0 saturated carbocycles. The number of amides is 2. The summed E-state index contributed by atoms with van der Waals surface area (Å²) in [5.41, 5.74) is 0.458. The number of anilines is 1. The summed E-state index contributed by atoms with van der Waals surface area (Å²) >= 11 is 5.95. The molecule has 6 heteroatoms. The molecule has 0 aliphatic carbocycles. The minimum Gasteiger partial charge on any atom is -0.332 e. The number of halogens is 1. The van der Waals surface area contributed by atoms with Gasteiger partial charge in [-0.15, -0.1) is 0 Å². The van der Waals surface area contributed by atoms with E-state index in [4.69, 9.17) is 11.6 Å². The highest BCUT2D eigenvalue weighted by atomic mass is 35.5. The Bertz CT molecular complexity index is 499. The van der Waals surface area contributed by atoms with E-state index in [9.17, 15) is 9.59 Å². The highest BCUT2D eigenvalue weighted by Gasteiger charge is 2.25. The van der Waals surface area contributed by atoms with Crippen LogP contribution in [0.15, 0.2) is 24.3 Å². The van der Waals surface area contributed by atoms with Gasteiger partial charge in [-0.1, -0.05) is 30.7 Å². The summed E-state index contributed by atoms with van der Waals surface area (Å²) < 4.78 is 0. The topological polar surface area (TPSA) is 52.7 Å². The van der Waals surface area contributed by atoms with Gasteiger partial charge >= 0.3 is 11.8 Å². The smallest absolute Gasteiger partial charge is 0.313 e. The molecule has 0 spiro atoms. The summed E-state index contributed by atoms with van der Waals surface area (Å²) in [6.45, 7) is 5.84. The zero-order valence-electron chi connectivity index (χ0n) is 11.4. The van der Waals surface area contributed by atoms with Crippen molar-refractivity contribution in [2.24, 2.45) is 0 Å². The average molecular weight is 296 g/mol. The molecule has 5 nitrogen and oxygen atoms in total. The van der Waals surface area contributed by atoms with E-state index in [1.807, 2.05) is 0 Å². The summed E-state index contributed by atoms with van der Waals surface area (Å²) in [4.78, 5) is 27.8. The van der Waals surface area contributed by atoms with E-state index in [0.29, 0.717) is 23.8 Å². The third kappa shape index (κ3) is 3.49. The largest absolute Gasteiger partial charge is 0.332 e. The minimum absolute atomic E-state index is 0.421. The molecule has 1 aromatic rings. The van der Waals surface area contributed by atoms with E-state index < -0.39 is 11.8 Å². The summed E-state index contributed by atoms with van der Waals surface area (Å²) in [5.74, 6) is -1.14. The average Bonchev–Trinajstić information content (AvgIpc) is 2.49. The van der Waals surface area contributed by atoms with Crippen LogP contribution in [0, 0.1) is 0 Å². The molecule has 0 aromatic heterocycles. The number of nitrogens with zero attached hydrogens (tertiary/aromatic N) is 2. The number of benzene rings is 1. The normalized spacial score (nSPS) is 16.0. The van der Waals surface area contributed by atoms with Crippen molar-refractivity contribution in [2.45, 2.75) is 6.92 Å². The Balaban J connectivity index is 1.93. The molecular formula is C14H18ClN3O2. The fraction of sp³-hybridized carbons (Fsp3) is 0.429. The number of carbonyl (C=O) groups is 2. The Labute approximate surface area is 123 Å². The number of piperazine rings is 1. The molecule has 2 amide bonds. The molecule has 1 heterocycles. The molecular weight excluding hydrogens is 278 g/mol. The molecule has 0 bridgehead atoms. The van der Waals surface area contributed by atoms with E-state index in [2.05, 4.69) is 17.1 Å². The Morgan fingerprint density at radius 3 is 2.45 bits per heavy atom. The van der Waals surface area contributed by atoms with Crippen molar-refractivity contribution in [3.8, 4) is 0 Å². The monoisotopic (exact) mass is 295 g/mol. The Kier molecular flexibility index (Phi) is 4.98. The van der Waals surface area contributed by atoms with Crippen LogP contribution in [0.3, 0.4) is 0 Å². The van der Waals surface area contributed by atoms with Crippen molar-refractivity contribution in [3.05, 3.63) is 29.3 Å². The summed E-state index contributed by atoms with van der Waals surface area (Å²) in [5, 5.41) is 2.98. The summed E-state index contributed by atoms with van der Waals surface area (Å²) in [7, 11) is 0. The van der Waals surface area contributed by atoms with Gasteiger partial charge in [0, 0.05) is 26.2 Å². The molecule has 1 fully saturated rings. The highest BCUT2D eigenvalue weighted by molar-refractivity contribution is 6.41. The van der Waals surface area contributed by atoms with Crippen molar-refractivity contribution in [1.82, 2.24) is 9.80 Å². The zero-order valence-corrected chi connectivity index (χ0v) is 12.2. The number of nitrogens with one attached hydrogen (secondary N) is 1. The Morgan fingerprint density at radius 1 is 1.20 bits per heavy atom. The van der Waals surface area contributed by atoms with Crippen molar-refractivity contribution < 1.29 is 9.59 Å². The van der Waals surface area contributed by atoms with E-state index in [1.165, 1.54) is 0 Å². The van der Waals surface area contributed by atoms with E-state index in [0.717, 1.165) is 19.6 Å². The predicted octanol–water partition coefficient (Wildman–Crippen LogP) is 1.44. The van der Waals surface area contributed by atoms with Crippen molar-refractivity contribution in [3.63, 3.8) is 0 Å². The first-order valence-electron chi connectivity index (χ1n) is 6.69. The van der Waals surface area contributed by atoms with Crippen LogP contribution >= 0.6 is 11.6 Å². The van der Waals surface area contributed by atoms with Crippen molar-refractivity contribution >= 4 is 29.1 Å². The van der Waals surface area contributed by atoms with Gasteiger partial charge in [-0.05, 0) is 18.7 Å². The maximum atomic E-state index is 12.1. The second-order valence-electron chi connectivity index (χ2n) is 4.66. The van der Waals surface area contributed by atoms with Crippen LogP contribution in [0.25, 0.3) is 0 Å². The van der Waals surface area contributed by atoms with Crippen molar-refractivity contribution in [1.29, 1.82) is 0 Å². The lowest BCUT2D eigenvalue weighted by molar-refractivity contribution is -0.144. The van der Waals surface area contributed by atoms with Crippen LogP contribution in [-0.2, 0) is 9.59 Å². The minimum atomic E-state index is -0.636. The molecule has 0 radical (unpaired) electrons. The van der Waals surface area contributed by atoms with Crippen molar-refractivity contribution in [2.75, 3.05) is 38.0 Å². The van der Waals surface area contributed by atoms with Gasteiger partial charge in [0.15, 0.2) is 0 Å². The first-order chi connectivity index (χ1) is 9.61. The quantitative estimate of drug-likeness (QED) is 0.840. The molecule has 1 N–H and O–H groups in total. The molecule has 1 aliphatic heterocycles. The Morgan fingerprint density at radius 2 is 1.85 bits per heavy atom. The standard InChI is InChI=1S/C14H18ClN3O2/c1-2-17-7-9-18(10-8-17)14(20)13(19)16-12-6-4-3-5-11(12)15/h3-6H,2,7-10H2,1H3,(H,16,19). The molecule has 0 unspecified atom stereocenters. The van der Waals surface area contributed by atoms with E-state index >= 15 is 0 Å². The van der Waals surface area contributed by atoms with Crippen LogP contribution in [0.5, 0.6) is 0 Å². The van der Waals surface area contributed by atoms with Crippen LogP contribution in [-0.4, -0.2) is 54.3 Å². The second kappa shape index (κ2) is 6.72. The molecule has 20 heavy (non-hydrogen) atoms. The number of hydrogen-bond acceptors (Lipinski definition) is 3. The maximum Gasteiger partial charge on any atom is 0.313 e. The molecule has 1 aliphatic rings. The van der Waals surface area contributed by atoms with E-state index in [-0.39, 0.29) is 0 Å². The maximum absolute atomic E-state index is 12.1. The summed E-state index contributed by atoms with van der Waals surface area (Å²) in [6, 6.07) is 6.86. The lowest BCUT2D eigenvalue weighted by Crippen LogP contribution is -2.51. The van der Waals surface area contributed by atoms with Gasteiger partial charge in [-0.25, -0.2) is 0 Å². The van der Waals surface area contributed by atoms with E-state index in [1.54, 1.807) is 29.2 Å². The molecule has 1 aromatic carbocycles. The van der Waals surface area contributed by atoms with Gasteiger partial charge in [0.2, 0.25) is 0 Å². The lowest BCUT2D eigenvalue weighted by atomic mass is 10.3. The third-order valence-corrected chi connectivity index (χ3v) is 3.75. The van der Waals surface area contributed by atoms with Gasteiger partial charge in [-0.3, -0.25) is 9.59 Å². The third-order valence-electron chi connectivity index (χ3n) is 3.42. The number of para-hydroxylation sites is 1. The number of rotatable bonds is 2. The van der Waals surface area contributed by atoms with Gasteiger partial charge in [0.25, 0.3) is 0 Å². The Hall–Kier alpha value is -1.59. The van der Waals surface area contributed by atoms with Gasteiger partial charge in [0.1, 0.15) is 0 Å². The fourth-order valence-electron chi connectivity index (χ4n) is 2.15. The second-order valence-corrected chi connectivity index (χ2v) is 5.07. The number of hydrogen-bond donors (Lipinski definition) is 1. The predicted molar refractivity (Wildman–Crippen MR) is 78.8 cm³/mol. The SMILES string of the molecule is CCN1CCN(C(=O)C(=O)Nc2ccccc2Cl)CC1. The first kappa shape index (κ1) is 14.8. The fourth-order valence-corrected chi connectivity index (χ4v) is 2.33. The summed E-state index contributed by atoms with van der Waals surface area (Å²) in [6.07, 6.45) is 0.